The van der Waals surface area contributed by atoms with Crippen molar-refractivity contribution in [3.05, 3.63) is 65.5 Å². The van der Waals surface area contributed by atoms with Crippen molar-refractivity contribution in [1.82, 2.24) is 4.90 Å². The first kappa shape index (κ1) is 13.1. The third-order valence-electron chi connectivity index (χ3n) is 3.49. The fraction of sp³-hybridized carbons (Fsp3) is 0.188. The number of fused-ring (bicyclic) bond motifs is 1. The summed E-state index contributed by atoms with van der Waals surface area (Å²) in [7, 11) is 0. The second-order valence-electron chi connectivity index (χ2n) is 4.88. The number of rotatable bonds is 1. The number of benzene rings is 2. The second-order valence-corrected chi connectivity index (χ2v) is 5.27. The minimum atomic E-state index is -0.262. The van der Waals surface area contributed by atoms with E-state index in [4.69, 9.17) is 12.2 Å². The van der Waals surface area contributed by atoms with Crippen LogP contribution in [-0.4, -0.2) is 16.6 Å². The van der Waals surface area contributed by atoms with Gasteiger partial charge in [-0.05, 0) is 48.0 Å². The summed E-state index contributed by atoms with van der Waals surface area (Å²) >= 11 is 5.42. The first-order valence-corrected chi connectivity index (χ1v) is 7.01. The Morgan fingerprint density at radius 3 is 2.70 bits per heavy atom. The van der Waals surface area contributed by atoms with Crippen molar-refractivity contribution in [1.29, 1.82) is 0 Å². The molecule has 1 heterocycles. The van der Waals surface area contributed by atoms with Crippen molar-refractivity contribution in [2.75, 3.05) is 11.9 Å². The second kappa shape index (κ2) is 5.59. The van der Waals surface area contributed by atoms with E-state index in [1.807, 2.05) is 12.1 Å². The molecule has 0 spiro atoms. The fourth-order valence-electron chi connectivity index (χ4n) is 2.44. The third kappa shape index (κ3) is 2.80. The zero-order chi connectivity index (χ0) is 13.9. The van der Waals surface area contributed by atoms with Gasteiger partial charge in [0.2, 0.25) is 0 Å². The van der Waals surface area contributed by atoms with E-state index in [-0.39, 0.29) is 5.82 Å². The van der Waals surface area contributed by atoms with Crippen LogP contribution in [0.5, 0.6) is 0 Å². The number of thiocarbonyl (C=S) groups is 1. The van der Waals surface area contributed by atoms with E-state index in [0.29, 0.717) is 10.8 Å². The molecule has 3 rings (SSSR count). The molecule has 0 bridgehead atoms. The predicted molar refractivity (Wildman–Crippen MR) is 83.2 cm³/mol. The van der Waals surface area contributed by atoms with E-state index in [0.717, 1.165) is 19.5 Å². The Labute approximate surface area is 123 Å². The molecule has 0 saturated heterocycles. The normalized spacial score (nSPS) is 13.8. The smallest absolute Gasteiger partial charge is 0.173 e. The summed E-state index contributed by atoms with van der Waals surface area (Å²) in [5.41, 5.74) is 3.38. The first-order chi connectivity index (χ1) is 9.72. The lowest BCUT2D eigenvalue weighted by molar-refractivity contribution is 0.399. The Morgan fingerprint density at radius 2 is 1.90 bits per heavy atom. The predicted octanol–water partition coefficient (Wildman–Crippen LogP) is 3.58. The van der Waals surface area contributed by atoms with Gasteiger partial charge in [-0.2, -0.15) is 0 Å². The summed E-state index contributed by atoms with van der Waals surface area (Å²) in [6, 6.07) is 14.8. The lowest BCUT2D eigenvalue weighted by Gasteiger charge is -2.31. The van der Waals surface area contributed by atoms with Crippen molar-refractivity contribution >= 4 is 23.0 Å². The largest absolute Gasteiger partial charge is 0.344 e. The average molecular weight is 286 g/mol. The highest BCUT2D eigenvalue weighted by atomic mass is 32.1. The van der Waals surface area contributed by atoms with Gasteiger partial charge in [0.05, 0.1) is 0 Å². The standard InChI is InChI=1S/C16H15FN2S/c17-14-6-3-7-15(10-14)18-16(20)19-9-8-12-4-1-2-5-13(12)11-19/h1-7,10H,8-9,11H2,(H,18,20). The Hall–Kier alpha value is -1.94. The van der Waals surface area contributed by atoms with Crippen LogP contribution < -0.4 is 5.32 Å². The molecule has 4 heteroatoms. The number of nitrogens with zero attached hydrogens (tertiary/aromatic N) is 1. The summed E-state index contributed by atoms with van der Waals surface area (Å²) in [4.78, 5) is 2.11. The zero-order valence-electron chi connectivity index (χ0n) is 11.0. The molecule has 1 aliphatic heterocycles. The van der Waals surface area contributed by atoms with Crippen LogP contribution in [0.15, 0.2) is 48.5 Å². The molecule has 1 N–H and O–H groups in total. The van der Waals surface area contributed by atoms with Crippen LogP contribution in [-0.2, 0) is 13.0 Å². The molecule has 20 heavy (non-hydrogen) atoms. The van der Waals surface area contributed by atoms with E-state index in [1.165, 1.54) is 23.3 Å². The van der Waals surface area contributed by atoms with Crippen LogP contribution in [0, 0.1) is 5.82 Å². The quantitative estimate of drug-likeness (QED) is 0.807. The van der Waals surface area contributed by atoms with Gasteiger partial charge in [0.25, 0.3) is 0 Å². The van der Waals surface area contributed by atoms with Crippen LogP contribution >= 0.6 is 12.2 Å². The molecule has 2 aromatic rings. The van der Waals surface area contributed by atoms with Crippen molar-refractivity contribution < 1.29 is 4.39 Å². The van der Waals surface area contributed by atoms with Crippen LogP contribution in [0.4, 0.5) is 10.1 Å². The summed E-state index contributed by atoms with van der Waals surface area (Å²) in [6.45, 7) is 1.69. The highest BCUT2D eigenvalue weighted by Gasteiger charge is 2.17. The van der Waals surface area contributed by atoms with Crippen LogP contribution in [0.3, 0.4) is 0 Å². The highest BCUT2D eigenvalue weighted by Crippen LogP contribution is 2.19. The number of hydrogen-bond donors (Lipinski definition) is 1. The Bertz CT molecular complexity index is 642. The zero-order valence-corrected chi connectivity index (χ0v) is 11.8. The van der Waals surface area contributed by atoms with Crippen molar-refractivity contribution in [3.63, 3.8) is 0 Å². The van der Waals surface area contributed by atoms with Crippen LogP contribution in [0.1, 0.15) is 11.1 Å². The molecule has 2 nitrogen and oxygen atoms in total. The molecule has 0 fully saturated rings. The summed E-state index contributed by atoms with van der Waals surface area (Å²) in [5.74, 6) is -0.262. The number of nitrogens with one attached hydrogen (secondary N) is 1. The summed E-state index contributed by atoms with van der Waals surface area (Å²) in [5, 5.41) is 3.74. The Balaban J connectivity index is 1.70. The van der Waals surface area contributed by atoms with E-state index in [2.05, 4.69) is 28.4 Å². The van der Waals surface area contributed by atoms with Gasteiger partial charge >= 0.3 is 0 Å². The molecule has 102 valence electrons. The highest BCUT2D eigenvalue weighted by molar-refractivity contribution is 7.80. The Kier molecular flexibility index (Phi) is 3.65. The van der Waals surface area contributed by atoms with Gasteiger partial charge < -0.3 is 10.2 Å². The minimum absolute atomic E-state index is 0.262. The summed E-state index contributed by atoms with van der Waals surface area (Å²) < 4.78 is 13.2. The van der Waals surface area contributed by atoms with Crippen LogP contribution in [0.2, 0.25) is 0 Å². The molecule has 0 saturated carbocycles. The van der Waals surface area contributed by atoms with E-state index in [1.54, 1.807) is 6.07 Å². The van der Waals surface area contributed by atoms with Gasteiger partial charge in [0, 0.05) is 18.8 Å². The van der Waals surface area contributed by atoms with Gasteiger partial charge in [0.1, 0.15) is 5.82 Å². The van der Waals surface area contributed by atoms with E-state index >= 15 is 0 Å². The molecular weight excluding hydrogens is 271 g/mol. The Morgan fingerprint density at radius 1 is 1.10 bits per heavy atom. The van der Waals surface area contributed by atoms with Gasteiger partial charge in [-0.25, -0.2) is 4.39 Å². The lowest BCUT2D eigenvalue weighted by atomic mass is 10.0. The van der Waals surface area contributed by atoms with Crippen LogP contribution in [0.25, 0.3) is 0 Å². The van der Waals surface area contributed by atoms with Gasteiger partial charge in [-0.15, -0.1) is 0 Å². The molecule has 0 aliphatic carbocycles. The first-order valence-electron chi connectivity index (χ1n) is 6.60. The molecule has 1 aliphatic rings. The average Bonchev–Trinajstić information content (AvgIpc) is 2.47. The molecule has 0 radical (unpaired) electrons. The van der Waals surface area contributed by atoms with E-state index in [9.17, 15) is 4.39 Å². The number of halogens is 1. The monoisotopic (exact) mass is 286 g/mol. The SMILES string of the molecule is Fc1cccc(NC(=S)N2CCc3ccccc3C2)c1. The molecule has 0 unspecified atom stereocenters. The van der Waals surface area contributed by atoms with E-state index < -0.39 is 0 Å². The lowest BCUT2D eigenvalue weighted by Crippen LogP contribution is -2.38. The van der Waals surface area contributed by atoms with Gasteiger partial charge in [-0.1, -0.05) is 30.3 Å². The maximum absolute atomic E-state index is 13.2. The van der Waals surface area contributed by atoms with Crippen molar-refractivity contribution in [3.8, 4) is 0 Å². The number of anilines is 1. The molecular formula is C16H15FN2S. The van der Waals surface area contributed by atoms with Crippen molar-refractivity contribution in [2.24, 2.45) is 0 Å². The number of hydrogen-bond acceptors (Lipinski definition) is 1. The fourth-order valence-corrected chi connectivity index (χ4v) is 2.71. The summed E-state index contributed by atoms with van der Waals surface area (Å²) in [6.07, 6.45) is 0.987. The topological polar surface area (TPSA) is 15.3 Å². The van der Waals surface area contributed by atoms with Gasteiger partial charge in [0.15, 0.2) is 5.11 Å². The molecule has 0 amide bonds. The molecule has 2 aromatic carbocycles. The van der Waals surface area contributed by atoms with Gasteiger partial charge in [-0.3, -0.25) is 0 Å². The maximum atomic E-state index is 13.2. The van der Waals surface area contributed by atoms with Crippen molar-refractivity contribution in [2.45, 2.75) is 13.0 Å². The minimum Gasteiger partial charge on any atom is -0.344 e. The third-order valence-corrected chi connectivity index (χ3v) is 3.85. The molecule has 0 aromatic heterocycles. The molecule has 0 atom stereocenters. The maximum Gasteiger partial charge on any atom is 0.173 e.